The first kappa shape index (κ1) is 23.4. The Morgan fingerprint density at radius 1 is 1.16 bits per heavy atom. The highest BCUT2D eigenvalue weighted by atomic mass is 32.2. The van der Waals surface area contributed by atoms with Gasteiger partial charge in [0.15, 0.2) is 16.9 Å². The van der Waals surface area contributed by atoms with E-state index in [0.29, 0.717) is 23.0 Å². The molecule has 0 unspecified atom stereocenters. The number of anilines is 1. The second-order valence-corrected chi connectivity index (χ2v) is 8.00. The summed E-state index contributed by atoms with van der Waals surface area (Å²) in [7, 11) is 0. The summed E-state index contributed by atoms with van der Waals surface area (Å²) in [6, 6.07) is 6.74. The lowest BCUT2D eigenvalue weighted by atomic mass is 10.2. The average molecular weight is 476 g/mol. The maximum Gasteiger partial charge on any atom is 0.338 e. The Morgan fingerprint density at radius 3 is 2.59 bits per heavy atom. The molecule has 0 radical (unpaired) electrons. The van der Waals surface area contributed by atoms with Crippen LogP contribution in [-0.4, -0.2) is 57.1 Å². The highest BCUT2D eigenvalue weighted by molar-refractivity contribution is 7.98. The molecule has 3 rings (SSSR count). The average Bonchev–Trinajstić information content (AvgIpc) is 3.37. The van der Waals surface area contributed by atoms with Crippen LogP contribution in [0.4, 0.5) is 5.13 Å². The first-order chi connectivity index (χ1) is 15.4. The Bertz CT molecular complexity index is 1110. The fourth-order valence-corrected chi connectivity index (χ4v) is 3.96. The Labute approximate surface area is 192 Å². The molecule has 0 fully saturated rings. The largest absolute Gasteiger partial charge is 0.466 e. The molecule has 0 saturated heterocycles. The topological polar surface area (TPSA) is 125 Å². The zero-order valence-electron chi connectivity index (χ0n) is 17.7. The van der Waals surface area contributed by atoms with Gasteiger partial charge < -0.3 is 9.47 Å². The van der Waals surface area contributed by atoms with Crippen molar-refractivity contribution in [3.63, 3.8) is 0 Å². The summed E-state index contributed by atoms with van der Waals surface area (Å²) in [5, 5.41) is 13.4. The van der Waals surface area contributed by atoms with Crippen molar-refractivity contribution in [2.75, 3.05) is 24.8 Å². The summed E-state index contributed by atoms with van der Waals surface area (Å²) in [4.78, 5) is 40.0. The standard InChI is InChI=1S/C20H21N5O5S2/c1-4-29-17(27)9-14-11-32-19(21-14)22-16(26)10-30-18(28)13-5-7-15(8-6-13)25-12(2)23-24-20(25)31-3/h5-8,11H,4,9-10H2,1-3H3,(H,21,22,26). The zero-order valence-corrected chi connectivity index (χ0v) is 19.3. The third-order valence-electron chi connectivity index (χ3n) is 4.10. The maximum atomic E-state index is 12.3. The lowest BCUT2D eigenvalue weighted by molar-refractivity contribution is -0.142. The van der Waals surface area contributed by atoms with E-state index in [0.717, 1.165) is 16.7 Å². The summed E-state index contributed by atoms with van der Waals surface area (Å²) in [6.07, 6.45) is 1.93. The van der Waals surface area contributed by atoms with Crippen molar-refractivity contribution in [2.24, 2.45) is 0 Å². The van der Waals surface area contributed by atoms with Gasteiger partial charge in [-0.25, -0.2) is 9.78 Å². The van der Waals surface area contributed by atoms with E-state index < -0.39 is 18.5 Å². The number of hydrogen-bond acceptors (Lipinski definition) is 10. The molecule has 2 aromatic heterocycles. The molecule has 0 spiro atoms. The van der Waals surface area contributed by atoms with Gasteiger partial charge in [0.05, 0.1) is 24.3 Å². The Hall–Kier alpha value is -3.25. The Balaban J connectivity index is 1.52. The number of aryl methyl sites for hydroxylation is 1. The predicted octanol–water partition coefficient (Wildman–Crippen LogP) is 2.66. The molecule has 0 aliphatic heterocycles. The van der Waals surface area contributed by atoms with Crippen LogP contribution in [0.2, 0.25) is 0 Å². The molecule has 3 aromatic rings. The van der Waals surface area contributed by atoms with E-state index in [2.05, 4.69) is 20.5 Å². The lowest BCUT2D eigenvalue weighted by Crippen LogP contribution is -2.21. The van der Waals surface area contributed by atoms with Crippen molar-refractivity contribution in [3.8, 4) is 5.69 Å². The van der Waals surface area contributed by atoms with Crippen molar-refractivity contribution < 1.29 is 23.9 Å². The number of nitrogens with one attached hydrogen (secondary N) is 1. The van der Waals surface area contributed by atoms with Crippen LogP contribution in [0.15, 0.2) is 34.8 Å². The van der Waals surface area contributed by atoms with Gasteiger partial charge in [0.25, 0.3) is 5.91 Å². The minimum Gasteiger partial charge on any atom is -0.466 e. The molecule has 0 bridgehead atoms. The number of carbonyl (C=O) groups excluding carboxylic acids is 3. The van der Waals surface area contributed by atoms with Gasteiger partial charge in [-0.05, 0) is 44.4 Å². The number of benzene rings is 1. The first-order valence-corrected chi connectivity index (χ1v) is 11.6. The molecule has 0 saturated carbocycles. The molecule has 0 atom stereocenters. The van der Waals surface area contributed by atoms with E-state index in [1.807, 2.05) is 17.7 Å². The van der Waals surface area contributed by atoms with Gasteiger partial charge in [0, 0.05) is 11.1 Å². The Kier molecular flexibility index (Phi) is 7.95. The smallest absolute Gasteiger partial charge is 0.338 e. The van der Waals surface area contributed by atoms with Crippen LogP contribution < -0.4 is 5.32 Å². The number of esters is 2. The monoisotopic (exact) mass is 475 g/mol. The third kappa shape index (κ3) is 5.92. The second-order valence-electron chi connectivity index (χ2n) is 6.37. The van der Waals surface area contributed by atoms with Gasteiger partial charge in [-0.3, -0.25) is 19.5 Å². The van der Waals surface area contributed by atoms with Crippen LogP contribution in [0.5, 0.6) is 0 Å². The molecule has 0 aliphatic rings. The number of thiazole rings is 1. The molecular weight excluding hydrogens is 454 g/mol. The number of thioether (sulfide) groups is 1. The van der Waals surface area contributed by atoms with E-state index in [4.69, 9.17) is 9.47 Å². The van der Waals surface area contributed by atoms with Gasteiger partial charge >= 0.3 is 11.9 Å². The summed E-state index contributed by atoms with van der Waals surface area (Å²) < 4.78 is 11.8. The Morgan fingerprint density at radius 2 is 1.91 bits per heavy atom. The van der Waals surface area contributed by atoms with Crippen LogP contribution in [0.25, 0.3) is 5.69 Å². The number of ether oxygens (including phenoxy) is 2. The van der Waals surface area contributed by atoms with Crippen LogP contribution in [0, 0.1) is 6.92 Å². The molecule has 1 aromatic carbocycles. The van der Waals surface area contributed by atoms with Crippen LogP contribution >= 0.6 is 23.1 Å². The quantitative estimate of drug-likeness (QED) is 0.367. The summed E-state index contributed by atoms with van der Waals surface area (Å²) >= 11 is 2.63. The van der Waals surface area contributed by atoms with Crippen molar-refractivity contribution in [1.82, 2.24) is 19.7 Å². The van der Waals surface area contributed by atoms with Crippen molar-refractivity contribution in [2.45, 2.75) is 25.4 Å². The van der Waals surface area contributed by atoms with E-state index >= 15 is 0 Å². The molecule has 10 nitrogen and oxygen atoms in total. The highest BCUT2D eigenvalue weighted by Crippen LogP contribution is 2.20. The highest BCUT2D eigenvalue weighted by Gasteiger charge is 2.15. The van der Waals surface area contributed by atoms with Crippen molar-refractivity contribution >= 4 is 46.1 Å². The number of hydrogen-bond donors (Lipinski definition) is 1. The summed E-state index contributed by atoms with van der Waals surface area (Å²) in [5.74, 6) is -0.815. The number of carbonyl (C=O) groups is 3. The van der Waals surface area contributed by atoms with Gasteiger partial charge in [-0.1, -0.05) is 11.8 Å². The first-order valence-electron chi connectivity index (χ1n) is 9.54. The number of nitrogens with zero attached hydrogens (tertiary/aromatic N) is 4. The van der Waals surface area contributed by atoms with Crippen LogP contribution in [-0.2, 0) is 25.5 Å². The molecule has 32 heavy (non-hydrogen) atoms. The maximum absolute atomic E-state index is 12.3. The molecule has 168 valence electrons. The molecule has 1 amide bonds. The summed E-state index contributed by atoms with van der Waals surface area (Å²) in [5.41, 5.74) is 1.62. The number of aromatic nitrogens is 4. The van der Waals surface area contributed by atoms with Gasteiger partial charge in [-0.2, -0.15) is 0 Å². The SMILES string of the molecule is CCOC(=O)Cc1csc(NC(=O)COC(=O)c2ccc(-n3c(C)nnc3SC)cc2)n1. The van der Waals surface area contributed by atoms with Crippen molar-refractivity contribution in [3.05, 3.63) is 46.7 Å². The summed E-state index contributed by atoms with van der Waals surface area (Å²) in [6.45, 7) is 3.39. The number of rotatable bonds is 9. The van der Waals surface area contributed by atoms with Gasteiger partial charge in [-0.15, -0.1) is 21.5 Å². The fourth-order valence-electron chi connectivity index (χ4n) is 2.69. The van der Waals surface area contributed by atoms with E-state index in [1.54, 1.807) is 36.6 Å². The molecule has 2 heterocycles. The van der Waals surface area contributed by atoms with Crippen LogP contribution in [0.3, 0.4) is 0 Å². The van der Waals surface area contributed by atoms with Crippen LogP contribution in [0.1, 0.15) is 28.8 Å². The predicted molar refractivity (Wildman–Crippen MR) is 119 cm³/mol. The van der Waals surface area contributed by atoms with E-state index in [9.17, 15) is 14.4 Å². The second kappa shape index (κ2) is 10.9. The van der Waals surface area contributed by atoms with Gasteiger partial charge in [0.2, 0.25) is 0 Å². The van der Waals surface area contributed by atoms with E-state index in [1.165, 1.54) is 23.1 Å². The third-order valence-corrected chi connectivity index (χ3v) is 5.54. The fraction of sp³-hybridized carbons (Fsp3) is 0.300. The normalized spacial score (nSPS) is 10.6. The molecule has 12 heteroatoms. The minimum absolute atomic E-state index is 0.0261. The number of amides is 1. The molecule has 1 N–H and O–H groups in total. The zero-order chi connectivity index (χ0) is 23.1. The molecule has 0 aliphatic carbocycles. The molecular formula is C20H21N5O5S2. The lowest BCUT2D eigenvalue weighted by Gasteiger charge is -2.08. The van der Waals surface area contributed by atoms with Gasteiger partial charge in [0.1, 0.15) is 5.82 Å². The van der Waals surface area contributed by atoms with E-state index in [-0.39, 0.29) is 12.4 Å². The minimum atomic E-state index is -0.626. The van der Waals surface area contributed by atoms with Crippen molar-refractivity contribution in [1.29, 1.82) is 0 Å².